The van der Waals surface area contributed by atoms with Gasteiger partial charge in [-0.3, -0.25) is 0 Å². The van der Waals surface area contributed by atoms with Gasteiger partial charge in [-0.05, 0) is 46.8 Å². The summed E-state index contributed by atoms with van der Waals surface area (Å²) in [6.45, 7) is -2.66. The zero-order valence-corrected chi connectivity index (χ0v) is 17.3. The van der Waals surface area contributed by atoms with Crippen LogP contribution in [0.3, 0.4) is 0 Å². The summed E-state index contributed by atoms with van der Waals surface area (Å²) in [6, 6.07) is 7.17. The second-order valence-corrected chi connectivity index (χ2v) is 7.49. The Balaban J connectivity index is 1.81. The largest absolute Gasteiger partial charge is 0.483 e. The van der Waals surface area contributed by atoms with E-state index in [1.54, 1.807) is 0 Å². The molecule has 0 aliphatic carbocycles. The van der Waals surface area contributed by atoms with Gasteiger partial charge in [0, 0.05) is 17.0 Å². The fourth-order valence-electron chi connectivity index (χ4n) is 3.46. The summed E-state index contributed by atoms with van der Waals surface area (Å²) in [6.07, 6.45) is -3.73. The molecule has 184 valence electrons. The lowest BCUT2D eigenvalue weighted by Crippen LogP contribution is -2.48. The van der Waals surface area contributed by atoms with E-state index in [4.69, 9.17) is 4.74 Å². The topological polar surface area (TPSA) is 86.0 Å². The van der Waals surface area contributed by atoms with Gasteiger partial charge >= 0.3 is 12.1 Å². The van der Waals surface area contributed by atoms with Gasteiger partial charge in [-0.2, -0.15) is 22.0 Å². The molecule has 2 aromatic heterocycles. The van der Waals surface area contributed by atoms with E-state index in [2.05, 4.69) is 20.5 Å². The first-order valence-corrected chi connectivity index (χ1v) is 9.77. The molecule has 0 saturated carbocycles. The number of benzene rings is 2. The van der Waals surface area contributed by atoms with Gasteiger partial charge in [-0.15, -0.1) is 5.10 Å². The predicted molar refractivity (Wildman–Crippen MR) is 105 cm³/mol. The Bertz CT molecular complexity index is 1350. The Morgan fingerprint density at radius 3 is 2.40 bits per heavy atom. The third-order valence-corrected chi connectivity index (χ3v) is 5.08. The molecule has 2 heterocycles. The van der Waals surface area contributed by atoms with Crippen LogP contribution >= 0.6 is 0 Å². The highest BCUT2D eigenvalue weighted by atomic mass is 19.4. The first kappa shape index (κ1) is 24.3. The molecule has 4 rings (SSSR count). The SMILES string of the molecule is OC(Cn1cnnn1)(c1ccc(F)cc1F)C(F)(F)c1ccc2c(OCC(F)(F)F)cccc2n1. The molecule has 14 heteroatoms. The van der Waals surface area contributed by atoms with Crippen LogP contribution in [0.2, 0.25) is 0 Å². The van der Waals surface area contributed by atoms with Crippen molar-refractivity contribution < 1.29 is 40.6 Å². The molecule has 0 saturated heterocycles. The summed E-state index contributed by atoms with van der Waals surface area (Å²) in [5.41, 5.74) is -5.53. The third kappa shape index (κ3) is 4.73. The lowest BCUT2D eigenvalue weighted by molar-refractivity contribution is -0.207. The number of aromatic nitrogens is 5. The van der Waals surface area contributed by atoms with Gasteiger partial charge in [0.15, 0.2) is 12.2 Å². The summed E-state index contributed by atoms with van der Waals surface area (Å²) in [7, 11) is 0. The quantitative estimate of drug-likeness (QED) is 0.384. The van der Waals surface area contributed by atoms with Crippen LogP contribution in [0.4, 0.5) is 30.7 Å². The van der Waals surface area contributed by atoms with E-state index in [-0.39, 0.29) is 16.7 Å². The van der Waals surface area contributed by atoms with Crippen LogP contribution in [0.15, 0.2) is 54.9 Å². The number of nitrogens with zero attached hydrogens (tertiary/aromatic N) is 5. The van der Waals surface area contributed by atoms with Crippen LogP contribution in [0, 0.1) is 11.6 Å². The summed E-state index contributed by atoms with van der Waals surface area (Å²) < 4.78 is 103. The highest BCUT2D eigenvalue weighted by Crippen LogP contribution is 2.47. The van der Waals surface area contributed by atoms with Crippen molar-refractivity contribution in [3.05, 3.63) is 77.8 Å². The highest BCUT2D eigenvalue weighted by molar-refractivity contribution is 5.85. The molecule has 1 N–H and O–H groups in total. The highest BCUT2D eigenvalue weighted by Gasteiger charge is 2.58. The molecule has 0 amide bonds. The number of alkyl halides is 5. The maximum Gasteiger partial charge on any atom is 0.422 e. The smallest absolute Gasteiger partial charge is 0.422 e. The molecule has 4 aromatic rings. The lowest BCUT2D eigenvalue weighted by Gasteiger charge is -2.35. The molecule has 35 heavy (non-hydrogen) atoms. The van der Waals surface area contributed by atoms with Gasteiger partial charge in [0.2, 0.25) is 0 Å². The first-order chi connectivity index (χ1) is 16.4. The minimum Gasteiger partial charge on any atom is -0.483 e. The molecule has 0 spiro atoms. The van der Waals surface area contributed by atoms with E-state index in [1.165, 1.54) is 18.2 Å². The van der Waals surface area contributed by atoms with Crippen molar-refractivity contribution >= 4 is 10.9 Å². The van der Waals surface area contributed by atoms with Crippen molar-refractivity contribution in [3.63, 3.8) is 0 Å². The molecule has 0 bridgehead atoms. The van der Waals surface area contributed by atoms with Crippen molar-refractivity contribution in [3.8, 4) is 5.75 Å². The van der Waals surface area contributed by atoms with Crippen LogP contribution in [0.25, 0.3) is 10.9 Å². The summed E-state index contributed by atoms with van der Waals surface area (Å²) in [5.74, 6) is -7.09. The van der Waals surface area contributed by atoms with Gasteiger partial charge in [0.25, 0.3) is 0 Å². The molecule has 1 atom stereocenters. The molecule has 0 fully saturated rings. The Morgan fingerprint density at radius 2 is 1.74 bits per heavy atom. The van der Waals surface area contributed by atoms with Crippen molar-refractivity contribution in [1.82, 2.24) is 25.2 Å². The molecule has 7 nitrogen and oxygen atoms in total. The predicted octanol–water partition coefficient (Wildman–Crippen LogP) is 4.12. The van der Waals surface area contributed by atoms with Crippen molar-refractivity contribution in [1.29, 1.82) is 0 Å². The van der Waals surface area contributed by atoms with E-state index in [0.29, 0.717) is 18.2 Å². The van der Waals surface area contributed by atoms with Crippen LogP contribution in [-0.4, -0.2) is 43.1 Å². The standard InChI is InChI=1S/C21H14F7N5O2/c22-12-4-6-14(15(23)8-12)19(34,9-33-11-29-31-32-33)21(27,28)18-7-5-13-16(30-18)2-1-3-17(13)35-10-20(24,25)26/h1-8,11,34H,9-10H2. The molecule has 0 aliphatic heterocycles. The molecule has 0 radical (unpaired) electrons. The van der Waals surface area contributed by atoms with E-state index in [1.807, 2.05) is 0 Å². The Kier molecular flexibility index (Phi) is 6.09. The van der Waals surface area contributed by atoms with Gasteiger partial charge in [-0.25, -0.2) is 18.4 Å². The van der Waals surface area contributed by atoms with Crippen molar-refractivity contribution in [2.75, 3.05) is 6.61 Å². The summed E-state index contributed by atoms with van der Waals surface area (Å²) in [4.78, 5) is 3.79. The van der Waals surface area contributed by atoms with Crippen LogP contribution in [0.1, 0.15) is 11.3 Å². The van der Waals surface area contributed by atoms with Gasteiger partial charge in [-0.1, -0.05) is 6.07 Å². The third-order valence-electron chi connectivity index (χ3n) is 5.08. The molecular formula is C21H14F7N5O2. The fourth-order valence-corrected chi connectivity index (χ4v) is 3.46. The normalized spacial score (nSPS) is 14.2. The first-order valence-electron chi connectivity index (χ1n) is 9.77. The number of hydrogen-bond acceptors (Lipinski definition) is 6. The van der Waals surface area contributed by atoms with E-state index >= 15 is 8.78 Å². The van der Waals surface area contributed by atoms with Gasteiger partial charge < -0.3 is 9.84 Å². The number of aliphatic hydroxyl groups is 1. The van der Waals surface area contributed by atoms with Crippen molar-refractivity contribution in [2.45, 2.75) is 24.2 Å². The number of ether oxygens (including phenoxy) is 1. The number of tetrazole rings is 1. The Labute approximate surface area is 191 Å². The Morgan fingerprint density at radius 1 is 0.971 bits per heavy atom. The molecule has 1 unspecified atom stereocenters. The Hall–Kier alpha value is -3.81. The second kappa shape index (κ2) is 8.76. The number of rotatable bonds is 7. The average molecular weight is 501 g/mol. The lowest BCUT2D eigenvalue weighted by atomic mass is 9.84. The van der Waals surface area contributed by atoms with Crippen LogP contribution in [0.5, 0.6) is 5.75 Å². The number of fused-ring (bicyclic) bond motifs is 1. The number of pyridine rings is 1. The van der Waals surface area contributed by atoms with Crippen LogP contribution < -0.4 is 4.74 Å². The minimum absolute atomic E-state index is 0.00622. The van der Waals surface area contributed by atoms with Gasteiger partial charge in [0.05, 0.1) is 12.1 Å². The summed E-state index contributed by atoms with van der Waals surface area (Å²) >= 11 is 0. The maximum atomic E-state index is 15.9. The number of halogens is 7. The van der Waals surface area contributed by atoms with Crippen molar-refractivity contribution in [2.24, 2.45) is 0 Å². The second-order valence-electron chi connectivity index (χ2n) is 7.49. The number of hydrogen-bond donors (Lipinski definition) is 1. The van der Waals surface area contributed by atoms with E-state index < -0.39 is 53.7 Å². The monoisotopic (exact) mass is 501 g/mol. The fraction of sp³-hybridized carbons (Fsp3) is 0.238. The van der Waals surface area contributed by atoms with Crippen LogP contribution in [-0.2, 0) is 18.1 Å². The van der Waals surface area contributed by atoms with E-state index in [0.717, 1.165) is 23.1 Å². The molecule has 2 aromatic carbocycles. The summed E-state index contributed by atoms with van der Waals surface area (Å²) in [5, 5.41) is 21.2. The van der Waals surface area contributed by atoms with Gasteiger partial charge in [0.1, 0.15) is 29.4 Å². The molecular weight excluding hydrogens is 487 g/mol. The zero-order chi connectivity index (χ0) is 25.4. The van der Waals surface area contributed by atoms with E-state index in [9.17, 15) is 27.1 Å². The maximum absolute atomic E-state index is 15.9. The molecule has 0 aliphatic rings. The minimum atomic E-state index is -4.63. The average Bonchev–Trinajstić information content (AvgIpc) is 3.29. The zero-order valence-electron chi connectivity index (χ0n) is 17.3.